The highest BCUT2D eigenvalue weighted by Crippen LogP contribution is 2.69. The molecule has 3 saturated heterocycles. The summed E-state index contributed by atoms with van der Waals surface area (Å²) >= 11 is 8.05. The number of nitrogens with one attached hydrogen (secondary N) is 2. The molecule has 3 fully saturated rings. The third-order valence-electron chi connectivity index (χ3n) is 8.07. The van der Waals surface area contributed by atoms with Crippen LogP contribution in [0.15, 0.2) is 18.2 Å². The molecular weight excluding hydrogens is 486 g/mol. The highest BCUT2D eigenvalue weighted by atomic mass is 35.5. The van der Waals surface area contributed by atoms with Crippen LogP contribution < -0.4 is 10.6 Å². The second kappa shape index (κ2) is 9.94. The summed E-state index contributed by atoms with van der Waals surface area (Å²) in [5.74, 6) is -1.72. The molecule has 3 aliphatic rings. The molecule has 1 spiro atoms. The third kappa shape index (κ3) is 4.05. The van der Waals surface area contributed by atoms with Gasteiger partial charge in [0.15, 0.2) is 0 Å². The van der Waals surface area contributed by atoms with Crippen molar-refractivity contribution in [2.75, 3.05) is 18.5 Å². The summed E-state index contributed by atoms with van der Waals surface area (Å²) in [6.45, 7) is 10.1. The zero-order chi connectivity index (χ0) is 25.7. The number of thioether (sulfide) groups is 1. The van der Waals surface area contributed by atoms with E-state index >= 15 is 0 Å². The summed E-state index contributed by atoms with van der Waals surface area (Å²) in [5, 5.41) is 16.7. The molecule has 3 unspecified atom stereocenters. The Kier molecular flexibility index (Phi) is 7.47. The Morgan fingerprint density at radius 2 is 2.03 bits per heavy atom. The van der Waals surface area contributed by atoms with Crippen LogP contribution in [0, 0.1) is 30.6 Å². The topological polar surface area (TPSA) is 98.7 Å². The van der Waals surface area contributed by atoms with Gasteiger partial charge in [-0.2, -0.15) is 0 Å². The summed E-state index contributed by atoms with van der Waals surface area (Å²) < 4.78 is -0.739. The van der Waals surface area contributed by atoms with Crippen LogP contribution in [-0.4, -0.2) is 63.0 Å². The summed E-state index contributed by atoms with van der Waals surface area (Å²) in [5.41, 5.74) is 1.35. The molecule has 0 aliphatic carbocycles. The monoisotopic (exact) mass is 521 g/mol. The van der Waals surface area contributed by atoms with Crippen molar-refractivity contribution in [3.8, 4) is 0 Å². The van der Waals surface area contributed by atoms with Gasteiger partial charge in [0.05, 0.1) is 39.9 Å². The van der Waals surface area contributed by atoms with E-state index in [0.29, 0.717) is 17.3 Å². The summed E-state index contributed by atoms with van der Waals surface area (Å²) in [6.07, 6.45) is 1.58. The minimum absolute atomic E-state index is 0.0121. The lowest BCUT2D eigenvalue weighted by Gasteiger charge is -2.41. The molecule has 3 heterocycles. The number of anilines is 1. The fourth-order valence-corrected chi connectivity index (χ4v) is 9.06. The van der Waals surface area contributed by atoms with E-state index in [9.17, 15) is 19.5 Å². The Balaban J connectivity index is 1.80. The molecule has 1 aromatic rings. The van der Waals surface area contributed by atoms with Gasteiger partial charge in [-0.3, -0.25) is 14.4 Å². The number of rotatable bonds is 8. The Morgan fingerprint density at radius 3 is 2.63 bits per heavy atom. The average Bonchev–Trinajstić information content (AvgIpc) is 3.39. The standard InChI is InChI=1S/C26H36ClN3O4S/c1-6-10-28-23(32)19-18-11-15(5)26(35-18)20(19)25(34)30(17(12-31)13(2)3)22(26)24(33)29-21-14(4)8-7-9-16(21)27/h7-9,13,15,17-20,22,31H,6,10-12H2,1-5H3,(H,28,32)(H,29,33)/t15?,17-,18-,19+,20-,22?,26?/m0/s1. The van der Waals surface area contributed by atoms with Gasteiger partial charge in [-0.1, -0.05) is 51.4 Å². The van der Waals surface area contributed by atoms with Crippen LogP contribution in [0.1, 0.15) is 46.1 Å². The number of carbonyl (C=O) groups is 3. The number of benzene rings is 1. The molecule has 3 amide bonds. The van der Waals surface area contributed by atoms with Crippen LogP contribution in [0.25, 0.3) is 0 Å². The van der Waals surface area contributed by atoms with E-state index in [1.807, 2.05) is 39.8 Å². The lowest BCUT2D eigenvalue weighted by molar-refractivity contribution is -0.143. The lowest BCUT2D eigenvalue weighted by Crippen LogP contribution is -2.58. The number of likely N-dealkylation sites (tertiary alicyclic amines) is 1. The van der Waals surface area contributed by atoms with Crippen LogP contribution in [0.4, 0.5) is 5.69 Å². The number of para-hydroxylation sites is 1. The maximum atomic E-state index is 14.1. The summed E-state index contributed by atoms with van der Waals surface area (Å²) in [6, 6.07) is 4.07. The minimum Gasteiger partial charge on any atom is -0.394 e. The molecule has 3 aliphatic heterocycles. The summed E-state index contributed by atoms with van der Waals surface area (Å²) in [7, 11) is 0. The smallest absolute Gasteiger partial charge is 0.248 e. The summed E-state index contributed by atoms with van der Waals surface area (Å²) in [4.78, 5) is 43.1. The van der Waals surface area contributed by atoms with Crippen molar-refractivity contribution in [3.05, 3.63) is 28.8 Å². The quantitative estimate of drug-likeness (QED) is 0.486. The molecule has 4 rings (SSSR count). The average molecular weight is 522 g/mol. The van der Waals surface area contributed by atoms with Gasteiger partial charge >= 0.3 is 0 Å². The molecule has 0 aromatic heterocycles. The van der Waals surface area contributed by atoms with Crippen molar-refractivity contribution in [3.63, 3.8) is 0 Å². The Morgan fingerprint density at radius 1 is 1.31 bits per heavy atom. The lowest BCUT2D eigenvalue weighted by atomic mass is 9.66. The molecule has 3 N–H and O–H groups in total. The largest absolute Gasteiger partial charge is 0.394 e. The van der Waals surface area contributed by atoms with E-state index in [4.69, 9.17) is 11.6 Å². The maximum Gasteiger partial charge on any atom is 0.248 e. The van der Waals surface area contributed by atoms with Crippen molar-refractivity contribution in [1.82, 2.24) is 10.2 Å². The molecule has 0 radical (unpaired) electrons. The van der Waals surface area contributed by atoms with Crippen molar-refractivity contribution in [1.29, 1.82) is 0 Å². The van der Waals surface area contributed by atoms with E-state index in [0.717, 1.165) is 18.4 Å². The Labute approximate surface area is 216 Å². The SMILES string of the molecule is CCCNC(=O)[C@@H]1[C@@H]2CC(C)C3(S2)C(C(=O)Nc2c(C)cccc2Cl)N([C@@H](CO)C(C)C)C(=O)[C@H]13. The molecule has 7 atom stereocenters. The second-order valence-electron chi connectivity index (χ2n) is 10.5. The van der Waals surface area contributed by atoms with Gasteiger partial charge in [0.25, 0.3) is 0 Å². The van der Waals surface area contributed by atoms with Crippen molar-refractivity contribution < 1.29 is 19.5 Å². The van der Waals surface area contributed by atoms with Crippen molar-refractivity contribution in [2.24, 2.45) is 23.7 Å². The maximum absolute atomic E-state index is 14.1. The van der Waals surface area contributed by atoms with Gasteiger partial charge < -0.3 is 20.6 Å². The molecule has 2 bridgehead atoms. The Hall–Kier alpha value is -1.77. The predicted octanol–water partition coefficient (Wildman–Crippen LogP) is 3.47. The minimum atomic E-state index is -0.816. The number of amides is 3. The van der Waals surface area contributed by atoms with E-state index in [1.54, 1.807) is 22.7 Å². The molecule has 0 saturated carbocycles. The van der Waals surface area contributed by atoms with Crippen molar-refractivity contribution >= 4 is 46.8 Å². The first-order valence-corrected chi connectivity index (χ1v) is 13.8. The third-order valence-corrected chi connectivity index (χ3v) is 10.5. The van der Waals surface area contributed by atoms with Gasteiger partial charge in [0, 0.05) is 11.8 Å². The highest BCUT2D eigenvalue weighted by Gasteiger charge is 2.76. The first kappa shape index (κ1) is 26.3. The van der Waals surface area contributed by atoms with E-state index in [2.05, 4.69) is 17.6 Å². The van der Waals surface area contributed by atoms with Crippen LogP contribution >= 0.6 is 23.4 Å². The number of hydrogen-bond acceptors (Lipinski definition) is 5. The van der Waals surface area contributed by atoms with Gasteiger partial charge in [-0.05, 0) is 43.2 Å². The van der Waals surface area contributed by atoms with E-state index < -0.39 is 28.7 Å². The zero-order valence-corrected chi connectivity index (χ0v) is 22.6. The molecule has 1 aromatic carbocycles. The number of halogens is 1. The molecule has 9 heteroatoms. The molecule has 35 heavy (non-hydrogen) atoms. The highest BCUT2D eigenvalue weighted by molar-refractivity contribution is 8.02. The van der Waals surface area contributed by atoms with Crippen molar-refractivity contribution in [2.45, 2.75) is 69.5 Å². The van der Waals surface area contributed by atoms with Crippen LogP contribution in [-0.2, 0) is 14.4 Å². The van der Waals surface area contributed by atoms with Gasteiger partial charge in [0.1, 0.15) is 6.04 Å². The molecular formula is C26H36ClN3O4S. The van der Waals surface area contributed by atoms with Crippen LogP contribution in [0.2, 0.25) is 5.02 Å². The number of carbonyl (C=O) groups excluding carboxylic acids is 3. The Bertz CT molecular complexity index is 1000. The van der Waals surface area contributed by atoms with Crippen LogP contribution in [0.3, 0.4) is 0 Å². The molecule has 192 valence electrons. The fraction of sp³-hybridized carbons (Fsp3) is 0.654. The number of hydrogen-bond donors (Lipinski definition) is 3. The second-order valence-corrected chi connectivity index (χ2v) is 12.5. The number of nitrogens with zero attached hydrogens (tertiary/aromatic N) is 1. The first-order valence-electron chi connectivity index (χ1n) is 12.5. The normalized spacial score (nSPS) is 32.2. The number of aryl methyl sites for hydroxylation is 1. The number of aliphatic hydroxyl groups is 1. The van der Waals surface area contributed by atoms with E-state index in [1.165, 1.54) is 0 Å². The number of fused-ring (bicyclic) bond motifs is 1. The molecule has 7 nitrogen and oxygen atoms in total. The predicted molar refractivity (Wildman–Crippen MR) is 139 cm³/mol. The first-order chi connectivity index (χ1) is 16.6. The van der Waals surface area contributed by atoms with E-state index in [-0.39, 0.29) is 41.4 Å². The van der Waals surface area contributed by atoms with Gasteiger partial charge in [-0.15, -0.1) is 11.8 Å². The zero-order valence-electron chi connectivity index (χ0n) is 21.0. The van der Waals surface area contributed by atoms with Gasteiger partial charge in [-0.25, -0.2) is 0 Å². The number of aliphatic hydroxyl groups excluding tert-OH is 1. The van der Waals surface area contributed by atoms with Crippen LogP contribution in [0.5, 0.6) is 0 Å². The van der Waals surface area contributed by atoms with Gasteiger partial charge in [0.2, 0.25) is 17.7 Å². The fourth-order valence-electron chi connectivity index (χ4n) is 6.38.